The summed E-state index contributed by atoms with van der Waals surface area (Å²) in [4.78, 5) is 10.7. The Balaban J connectivity index is 2.34. The van der Waals surface area contributed by atoms with E-state index in [0.29, 0.717) is 11.8 Å². The van der Waals surface area contributed by atoms with Crippen LogP contribution < -0.4 is 10.5 Å². The molecule has 0 atom stereocenters. The highest BCUT2D eigenvalue weighted by Gasteiger charge is 2.31. The Morgan fingerprint density at radius 2 is 1.81 bits per heavy atom. The molecule has 0 heterocycles. The van der Waals surface area contributed by atoms with Crippen LogP contribution in [0.4, 0.5) is 18.9 Å². The zero-order chi connectivity index (χ0) is 15.6. The van der Waals surface area contributed by atoms with E-state index >= 15 is 0 Å². The topological polar surface area (TPSA) is 52.3 Å². The minimum absolute atomic E-state index is 0.133. The molecule has 21 heavy (non-hydrogen) atoms. The first-order valence-corrected chi connectivity index (χ1v) is 6.50. The fraction of sp³-hybridized carbons (Fsp3) is 0.0714. The van der Waals surface area contributed by atoms with Crippen LogP contribution >= 0.6 is 15.9 Å². The van der Waals surface area contributed by atoms with Gasteiger partial charge < -0.3 is 10.5 Å². The van der Waals surface area contributed by atoms with Gasteiger partial charge in [0.2, 0.25) is 0 Å². The van der Waals surface area contributed by atoms with Crippen molar-refractivity contribution in [3.05, 3.63) is 52.0 Å². The van der Waals surface area contributed by atoms with E-state index < -0.39 is 11.7 Å². The van der Waals surface area contributed by atoms with Gasteiger partial charge >= 0.3 is 6.18 Å². The molecule has 2 aromatic rings. The Morgan fingerprint density at radius 1 is 1.10 bits per heavy atom. The zero-order valence-corrected chi connectivity index (χ0v) is 12.0. The molecule has 110 valence electrons. The highest BCUT2D eigenvalue weighted by atomic mass is 79.9. The summed E-state index contributed by atoms with van der Waals surface area (Å²) in [5, 5.41) is 0. The van der Waals surface area contributed by atoms with Gasteiger partial charge in [-0.1, -0.05) is 0 Å². The van der Waals surface area contributed by atoms with Gasteiger partial charge in [0, 0.05) is 5.56 Å². The molecular weight excluding hydrogens is 351 g/mol. The number of nitrogens with two attached hydrogens (primary N) is 1. The monoisotopic (exact) mass is 359 g/mol. The first-order chi connectivity index (χ1) is 9.81. The number of nitrogen functional groups attached to an aromatic ring is 1. The Bertz CT molecular complexity index is 686. The number of ether oxygens (including phenoxy) is 1. The van der Waals surface area contributed by atoms with Crippen LogP contribution in [0.3, 0.4) is 0 Å². The lowest BCUT2D eigenvalue weighted by atomic mass is 10.2. The normalized spacial score (nSPS) is 11.2. The maximum Gasteiger partial charge on any atom is 0.416 e. The number of hydrogen-bond donors (Lipinski definition) is 1. The van der Waals surface area contributed by atoms with Gasteiger partial charge in [0.25, 0.3) is 0 Å². The smallest absolute Gasteiger partial charge is 0.416 e. The molecule has 0 aliphatic carbocycles. The third-order valence-electron chi connectivity index (χ3n) is 2.65. The van der Waals surface area contributed by atoms with Crippen LogP contribution in [-0.4, -0.2) is 6.29 Å². The molecule has 0 aliphatic rings. The van der Waals surface area contributed by atoms with Crippen molar-refractivity contribution in [2.75, 3.05) is 5.73 Å². The zero-order valence-electron chi connectivity index (χ0n) is 10.4. The van der Waals surface area contributed by atoms with E-state index in [2.05, 4.69) is 15.9 Å². The number of alkyl halides is 3. The van der Waals surface area contributed by atoms with Crippen LogP contribution in [-0.2, 0) is 6.18 Å². The Hall–Kier alpha value is -2.02. The standard InChI is InChI=1S/C14H9BrF3NO2/c15-10-6-9(14(16,17)18)2-4-12(10)21-13-5-8(7-20)1-3-11(13)19/h1-7H,19H2. The maximum atomic E-state index is 12.6. The Kier molecular flexibility index (Phi) is 4.22. The summed E-state index contributed by atoms with van der Waals surface area (Å²) in [6.45, 7) is 0. The average molecular weight is 360 g/mol. The Morgan fingerprint density at radius 3 is 2.38 bits per heavy atom. The predicted octanol–water partition coefficient (Wildman–Crippen LogP) is 4.65. The summed E-state index contributed by atoms with van der Waals surface area (Å²) in [5.74, 6) is 0.359. The lowest BCUT2D eigenvalue weighted by molar-refractivity contribution is -0.137. The summed E-state index contributed by atoms with van der Waals surface area (Å²) in [5.41, 5.74) is 5.53. The van der Waals surface area contributed by atoms with Gasteiger partial charge in [0.15, 0.2) is 5.75 Å². The molecule has 0 saturated heterocycles. The lowest BCUT2D eigenvalue weighted by Gasteiger charge is -2.12. The second kappa shape index (κ2) is 5.77. The number of benzene rings is 2. The SMILES string of the molecule is Nc1ccc(C=O)cc1Oc1ccc(C(F)(F)F)cc1Br. The van der Waals surface area contributed by atoms with E-state index in [1.807, 2.05) is 0 Å². The fourth-order valence-corrected chi connectivity index (χ4v) is 2.05. The molecular formula is C14H9BrF3NO2. The van der Waals surface area contributed by atoms with Crippen LogP contribution in [0.2, 0.25) is 0 Å². The summed E-state index contributed by atoms with van der Waals surface area (Å²) in [7, 11) is 0. The van der Waals surface area contributed by atoms with Crippen molar-refractivity contribution >= 4 is 27.9 Å². The first-order valence-electron chi connectivity index (χ1n) is 5.70. The molecule has 7 heteroatoms. The van der Waals surface area contributed by atoms with E-state index in [4.69, 9.17) is 10.5 Å². The Labute approximate surface area is 126 Å². The minimum Gasteiger partial charge on any atom is -0.454 e. The quantitative estimate of drug-likeness (QED) is 0.640. The van der Waals surface area contributed by atoms with Crippen molar-refractivity contribution in [3.63, 3.8) is 0 Å². The number of halogens is 4. The minimum atomic E-state index is -4.43. The predicted molar refractivity (Wildman–Crippen MR) is 75.5 cm³/mol. The van der Waals surface area contributed by atoms with Gasteiger partial charge in [-0.3, -0.25) is 4.79 Å². The van der Waals surface area contributed by atoms with Gasteiger partial charge in [0.05, 0.1) is 15.7 Å². The average Bonchev–Trinajstić information content (AvgIpc) is 2.42. The second-order valence-corrected chi connectivity index (χ2v) is 5.01. The molecule has 2 N–H and O–H groups in total. The molecule has 2 aromatic carbocycles. The van der Waals surface area contributed by atoms with Gasteiger partial charge in [-0.2, -0.15) is 13.2 Å². The van der Waals surface area contributed by atoms with E-state index in [0.717, 1.165) is 12.1 Å². The fourth-order valence-electron chi connectivity index (χ4n) is 1.59. The van der Waals surface area contributed by atoms with Crippen LogP contribution in [0.25, 0.3) is 0 Å². The molecule has 0 saturated carbocycles. The van der Waals surface area contributed by atoms with E-state index in [1.165, 1.54) is 24.3 Å². The molecule has 3 nitrogen and oxygen atoms in total. The largest absolute Gasteiger partial charge is 0.454 e. The first kappa shape index (κ1) is 15.4. The van der Waals surface area contributed by atoms with E-state index in [9.17, 15) is 18.0 Å². The lowest BCUT2D eigenvalue weighted by Crippen LogP contribution is -2.04. The highest BCUT2D eigenvalue weighted by molar-refractivity contribution is 9.10. The van der Waals surface area contributed by atoms with Crippen LogP contribution in [0.5, 0.6) is 11.5 Å². The highest BCUT2D eigenvalue weighted by Crippen LogP contribution is 2.37. The second-order valence-electron chi connectivity index (χ2n) is 4.16. The number of anilines is 1. The van der Waals surface area contributed by atoms with Crippen molar-refractivity contribution < 1.29 is 22.7 Å². The molecule has 0 radical (unpaired) electrons. The summed E-state index contributed by atoms with van der Waals surface area (Å²) < 4.78 is 43.3. The third kappa shape index (κ3) is 3.55. The van der Waals surface area contributed by atoms with Crippen molar-refractivity contribution in [2.24, 2.45) is 0 Å². The van der Waals surface area contributed by atoms with E-state index in [1.54, 1.807) is 0 Å². The van der Waals surface area contributed by atoms with Crippen LogP contribution in [0, 0.1) is 0 Å². The van der Waals surface area contributed by atoms with Gasteiger partial charge in [-0.25, -0.2) is 0 Å². The number of rotatable bonds is 3. The van der Waals surface area contributed by atoms with E-state index in [-0.39, 0.29) is 21.7 Å². The number of aldehydes is 1. The van der Waals surface area contributed by atoms with Crippen LogP contribution in [0.15, 0.2) is 40.9 Å². The molecule has 0 aliphatic heterocycles. The molecule has 2 rings (SSSR count). The summed E-state index contributed by atoms with van der Waals surface area (Å²) >= 11 is 3.02. The summed E-state index contributed by atoms with van der Waals surface area (Å²) in [6.07, 6.45) is -3.81. The number of carbonyl (C=O) groups excluding carboxylic acids is 1. The van der Waals surface area contributed by atoms with Gasteiger partial charge in [0.1, 0.15) is 12.0 Å². The van der Waals surface area contributed by atoms with Crippen molar-refractivity contribution in [1.82, 2.24) is 0 Å². The number of carbonyl (C=O) groups is 1. The maximum absolute atomic E-state index is 12.6. The molecule has 0 spiro atoms. The van der Waals surface area contributed by atoms with Gasteiger partial charge in [-0.05, 0) is 52.3 Å². The molecule has 0 amide bonds. The number of hydrogen-bond acceptors (Lipinski definition) is 3. The molecule has 0 bridgehead atoms. The van der Waals surface area contributed by atoms with Crippen molar-refractivity contribution in [1.29, 1.82) is 0 Å². The third-order valence-corrected chi connectivity index (χ3v) is 3.27. The van der Waals surface area contributed by atoms with Crippen molar-refractivity contribution in [3.8, 4) is 11.5 Å². The molecule has 0 fully saturated rings. The van der Waals surface area contributed by atoms with Crippen LogP contribution in [0.1, 0.15) is 15.9 Å². The molecule has 0 unspecified atom stereocenters. The summed E-state index contributed by atoms with van der Waals surface area (Å²) in [6, 6.07) is 7.40. The van der Waals surface area contributed by atoms with Gasteiger partial charge in [-0.15, -0.1) is 0 Å². The van der Waals surface area contributed by atoms with Crippen molar-refractivity contribution in [2.45, 2.75) is 6.18 Å². The molecule has 0 aromatic heterocycles.